The Balaban J connectivity index is 1.75. The minimum absolute atomic E-state index is 0.0465. The van der Waals surface area contributed by atoms with Crippen molar-refractivity contribution in [3.63, 3.8) is 0 Å². The Bertz CT molecular complexity index is 374. The van der Waals surface area contributed by atoms with E-state index in [9.17, 15) is 0 Å². The molecule has 17 heavy (non-hydrogen) atoms. The van der Waals surface area contributed by atoms with Crippen LogP contribution in [-0.4, -0.2) is 23.3 Å². The molecule has 0 spiro atoms. The van der Waals surface area contributed by atoms with Crippen LogP contribution in [0.1, 0.15) is 55.8 Å². The molecule has 0 amide bonds. The summed E-state index contributed by atoms with van der Waals surface area (Å²) in [7, 11) is 0. The zero-order valence-electron chi connectivity index (χ0n) is 9.97. The Labute approximate surface area is 101 Å². The largest absolute Gasteiger partial charge is 0.370 e. The molecule has 1 aromatic heterocycles. The highest BCUT2D eigenvalue weighted by atomic mass is 16.5. The van der Waals surface area contributed by atoms with Gasteiger partial charge < -0.3 is 15.0 Å². The van der Waals surface area contributed by atoms with E-state index in [2.05, 4.69) is 10.1 Å². The zero-order chi connectivity index (χ0) is 11.7. The lowest BCUT2D eigenvalue weighted by molar-refractivity contribution is 0.103. The van der Waals surface area contributed by atoms with Crippen LogP contribution in [0.2, 0.25) is 0 Å². The second-order valence-corrected chi connectivity index (χ2v) is 5.03. The second kappa shape index (κ2) is 4.74. The fourth-order valence-corrected chi connectivity index (χ4v) is 2.95. The smallest absolute Gasteiger partial charge is 0.230 e. The molecule has 0 radical (unpaired) electrons. The van der Waals surface area contributed by atoms with Crippen molar-refractivity contribution in [2.24, 2.45) is 11.7 Å². The van der Waals surface area contributed by atoms with Crippen molar-refractivity contribution in [1.82, 2.24) is 10.1 Å². The number of hydrogen-bond acceptors (Lipinski definition) is 5. The molecule has 2 N–H and O–H groups in total. The monoisotopic (exact) mass is 237 g/mol. The van der Waals surface area contributed by atoms with E-state index in [1.54, 1.807) is 0 Å². The summed E-state index contributed by atoms with van der Waals surface area (Å²) in [5.41, 5.74) is 5.78. The first-order valence-electron chi connectivity index (χ1n) is 6.53. The van der Waals surface area contributed by atoms with Crippen LogP contribution in [-0.2, 0) is 4.74 Å². The van der Waals surface area contributed by atoms with Gasteiger partial charge in [-0.3, -0.25) is 0 Å². The highest BCUT2D eigenvalue weighted by Crippen LogP contribution is 2.39. The van der Waals surface area contributed by atoms with E-state index in [4.69, 9.17) is 15.0 Å². The zero-order valence-corrected chi connectivity index (χ0v) is 9.97. The van der Waals surface area contributed by atoms with Crippen LogP contribution < -0.4 is 5.73 Å². The molecule has 1 aliphatic carbocycles. The maximum absolute atomic E-state index is 5.78. The van der Waals surface area contributed by atoms with Crippen LogP contribution >= 0.6 is 0 Å². The summed E-state index contributed by atoms with van der Waals surface area (Å²) in [6, 6.07) is 0. The number of rotatable bonds is 3. The average Bonchev–Trinajstić information content (AvgIpc) is 3.09. The predicted molar refractivity (Wildman–Crippen MR) is 61.4 cm³/mol. The molecule has 1 aliphatic heterocycles. The van der Waals surface area contributed by atoms with E-state index in [-0.39, 0.29) is 6.10 Å². The number of hydrogen-bond donors (Lipinski definition) is 1. The summed E-state index contributed by atoms with van der Waals surface area (Å²) in [4.78, 5) is 4.51. The van der Waals surface area contributed by atoms with Crippen LogP contribution in [0, 0.1) is 5.92 Å². The van der Waals surface area contributed by atoms with Crippen molar-refractivity contribution in [2.75, 3.05) is 13.2 Å². The van der Waals surface area contributed by atoms with Crippen molar-refractivity contribution >= 4 is 0 Å². The maximum atomic E-state index is 5.78. The highest BCUT2D eigenvalue weighted by Gasteiger charge is 2.33. The van der Waals surface area contributed by atoms with E-state index in [0.717, 1.165) is 37.6 Å². The molecule has 94 valence electrons. The minimum atomic E-state index is 0.0465. The third-order valence-electron chi connectivity index (χ3n) is 3.95. The van der Waals surface area contributed by atoms with Crippen LogP contribution in [0.25, 0.3) is 0 Å². The van der Waals surface area contributed by atoms with Crippen molar-refractivity contribution in [1.29, 1.82) is 0 Å². The molecule has 2 fully saturated rings. The van der Waals surface area contributed by atoms with Gasteiger partial charge in [0.05, 0.1) is 0 Å². The van der Waals surface area contributed by atoms with Gasteiger partial charge in [0.1, 0.15) is 6.10 Å². The lowest BCUT2D eigenvalue weighted by atomic mass is 9.96. The maximum Gasteiger partial charge on any atom is 0.230 e. The summed E-state index contributed by atoms with van der Waals surface area (Å²) in [6.45, 7) is 1.52. The summed E-state index contributed by atoms with van der Waals surface area (Å²) in [5.74, 6) is 2.36. The Kier molecular flexibility index (Phi) is 3.11. The van der Waals surface area contributed by atoms with Gasteiger partial charge in [0.15, 0.2) is 0 Å². The number of nitrogens with zero attached hydrogens (tertiary/aromatic N) is 2. The summed E-state index contributed by atoms with van der Waals surface area (Å²) < 4.78 is 11.0. The molecule has 2 aliphatic rings. The van der Waals surface area contributed by atoms with Crippen LogP contribution in [0.3, 0.4) is 0 Å². The van der Waals surface area contributed by atoms with Crippen molar-refractivity contribution in [2.45, 2.75) is 44.1 Å². The molecule has 1 aromatic rings. The molecule has 5 nitrogen and oxygen atoms in total. The molecular weight excluding hydrogens is 218 g/mol. The van der Waals surface area contributed by atoms with E-state index >= 15 is 0 Å². The Morgan fingerprint density at radius 1 is 1.24 bits per heavy atom. The van der Waals surface area contributed by atoms with E-state index in [1.807, 2.05) is 0 Å². The Hall–Kier alpha value is -0.940. The molecule has 0 aromatic carbocycles. The molecule has 1 saturated heterocycles. The van der Waals surface area contributed by atoms with Gasteiger partial charge in [-0.1, -0.05) is 11.6 Å². The Morgan fingerprint density at radius 3 is 2.94 bits per heavy atom. The van der Waals surface area contributed by atoms with Crippen molar-refractivity contribution in [3.8, 4) is 0 Å². The van der Waals surface area contributed by atoms with Crippen LogP contribution in [0.15, 0.2) is 4.52 Å². The van der Waals surface area contributed by atoms with Crippen molar-refractivity contribution in [3.05, 3.63) is 11.7 Å². The molecule has 1 saturated carbocycles. The van der Waals surface area contributed by atoms with E-state index in [1.165, 1.54) is 12.8 Å². The normalized spacial score (nSPS) is 33.4. The summed E-state index contributed by atoms with van der Waals surface area (Å²) in [6.07, 6.45) is 5.65. The predicted octanol–water partition coefficient (Wildman–Crippen LogP) is 1.76. The number of nitrogens with two attached hydrogens (primary N) is 1. The first-order chi connectivity index (χ1) is 8.38. The number of ether oxygens (including phenoxy) is 1. The van der Waals surface area contributed by atoms with Gasteiger partial charge in [0, 0.05) is 12.5 Å². The van der Waals surface area contributed by atoms with Crippen molar-refractivity contribution < 1.29 is 9.26 Å². The quantitative estimate of drug-likeness (QED) is 0.867. The van der Waals surface area contributed by atoms with Gasteiger partial charge >= 0.3 is 0 Å². The third kappa shape index (κ3) is 2.09. The standard InChI is InChI=1S/C12H19N3O2/c13-7-8-3-1-4-9(8)12-14-11(15-17-12)10-5-2-6-16-10/h8-10H,1-7,13H2. The van der Waals surface area contributed by atoms with Crippen LogP contribution in [0.4, 0.5) is 0 Å². The molecule has 2 heterocycles. The molecular formula is C12H19N3O2. The molecule has 5 heteroatoms. The third-order valence-corrected chi connectivity index (χ3v) is 3.95. The average molecular weight is 237 g/mol. The molecule has 0 bridgehead atoms. The first-order valence-corrected chi connectivity index (χ1v) is 6.53. The van der Waals surface area contributed by atoms with Gasteiger partial charge in [0.25, 0.3) is 0 Å². The molecule has 3 rings (SSSR count). The van der Waals surface area contributed by atoms with E-state index < -0.39 is 0 Å². The summed E-state index contributed by atoms with van der Waals surface area (Å²) in [5, 5.41) is 4.06. The fraction of sp³-hybridized carbons (Fsp3) is 0.833. The SMILES string of the molecule is NCC1CCCC1c1nc(C2CCCO2)no1. The highest BCUT2D eigenvalue weighted by molar-refractivity contribution is 5.02. The fourth-order valence-electron chi connectivity index (χ4n) is 2.95. The lowest BCUT2D eigenvalue weighted by Crippen LogP contribution is -2.17. The van der Waals surface area contributed by atoms with Gasteiger partial charge in [-0.15, -0.1) is 0 Å². The van der Waals surface area contributed by atoms with E-state index in [0.29, 0.717) is 18.4 Å². The number of aromatic nitrogens is 2. The summed E-state index contributed by atoms with van der Waals surface area (Å²) >= 11 is 0. The second-order valence-electron chi connectivity index (χ2n) is 5.03. The van der Waals surface area contributed by atoms with Gasteiger partial charge in [-0.2, -0.15) is 4.98 Å². The molecule has 3 atom stereocenters. The lowest BCUT2D eigenvalue weighted by Gasteiger charge is -2.12. The van der Waals surface area contributed by atoms with Gasteiger partial charge in [-0.05, 0) is 38.1 Å². The van der Waals surface area contributed by atoms with Gasteiger partial charge in [-0.25, -0.2) is 0 Å². The minimum Gasteiger partial charge on any atom is -0.370 e. The van der Waals surface area contributed by atoms with Crippen LogP contribution in [0.5, 0.6) is 0 Å². The first kappa shape index (κ1) is 11.2. The topological polar surface area (TPSA) is 74.2 Å². The molecule has 3 unspecified atom stereocenters. The van der Waals surface area contributed by atoms with Gasteiger partial charge in [0.2, 0.25) is 11.7 Å². The Morgan fingerprint density at radius 2 is 2.18 bits per heavy atom.